The molecule has 2 heterocycles. The van der Waals surface area contributed by atoms with Gasteiger partial charge in [0.2, 0.25) is 11.8 Å². The molecule has 0 aromatic carbocycles. The lowest BCUT2D eigenvalue weighted by atomic mass is 9.90. The molecule has 1 unspecified atom stereocenters. The van der Waals surface area contributed by atoms with Crippen LogP contribution in [0, 0.1) is 5.92 Å². The highest BCUT2D eigenvalue weighted by Crippen LogP contribution is 2.26. The molecule has 1 aromatic heterocycles. The standard InChI is InChI=1S/C18H29N3O3/c1-18(2,3)14-10-19-15(24-14)11-21-8-6-12(7-9-21)16(22)17(23)20-13-4-5-13/h10,12-13,16,22H,4-9,11H2,1-3H3,(H,20,23). The highest BCUT2D eigenvalue weighted by Gasteiger charge is 2.33. The molecule has 1 aliphatic carbocycles. The Morgan fingerprint density at radius 1 is 1.38 bits per heavy atom. The topological polar surface area (TPSA) is 78.6 Å². The van der Waals surface area contributed by atoms with E-state index in [0.29, 0.717) is 12.6 Å². The number of rotatable bonds is 5. The monoisotopic (exact) mass is 335 g/mol. The molecule has 1 aromatic rings. The first-order valence-electron chi connectivity index (χ1n) is 8.99. The number of carbonyl (C=O) groups excluding carboxylic acids is 1. The summed E-state index contributed by atoms with van der Waals surface area (Å²) in [5, 5.41) is 13.1. The number of aliphatic hydroxyl groups is 1. The Bertz CT molecular complexity index is 566. The van der Waals surface area contributed by atoms with Crippen molar-refractivity contribution in [3.63, 3.8) is 0 Å². The van der Waals surface area contributed by atoms with Crippen molar-refractivity contribution < 1.29 is 14.3 Å². The maximum absolute atomic E-state index is 12.0. The number of piperidine rings is 1. The van der Waals surface area contributed by atoms with Gasteiger partial charge in [0.25, 0.3) is 0 Å². The van der Waals surface area contributed by atoms with Crippen LogP contribution in [0.3, 0.4) is 0 Å². The molecular weight excluding hydrogens is 306 g/mol. The number of aliphatic hydroxyl groups excluding tert-OH is 1. The second-order valence-corrected chi connectivity index (χ2v) is 8.21. The van der Waals surface area contributed by atoms with Gasteiger partial charge in [-0.2, -0.15) is 0 Å². The summed E-state index contributed by atoms with van der Waals surface area (Å²) in [7, 11) is 0. The van der Waals surface area contributed by atoms with Crippen LogP contribution in [0.15, 0.2) is 10.6 Å². The second kappa shape index (κ2) is 6.84. The van der Waals surface area contributed by atoms with E-state index >= 15 is 0 Å². The predicted octanol–water partition coefficient (Wildman–Crippen LogP) is 1.82. The average molecular weight is 335 g/mol. The van der Waals surface area contributed by atoms with Crippen LogP contribution in [-0.2, 0) is 16.8 Å². The molecule has 1 saturated carbocycles. The maximum atomic E-state index is 12.0. The van der Waals surface area contributed by atoms with Crippen LogP contribution < -0.4 is 5.32 Å². The minimum Gasteiger partial charge on any atom is -0.444 e. The van der Waals surface area contributed by atoms with Gasteiger partial charge in [0.05, 0.1) is 12.7 Å². The molecule has 2 aliphatic rings. The number of hydrogen-bond acceptors (Lipinski definition) is 5. The third-order valence-electron chi connectivity index (χ3n) is 4.92. The van der Waals surface area contributed by atoms with Gasteiger partial charge in [-0.15, -0.1) is 0 Å². The van der Waals surface area contributed by atoms with Crippen molar-refractivity contribution >= 4 is 5.91 Å². The van der Waals surface area contributed by atoms with Crippen molar-refractivity contribution in [1.82, 2.24) is 15.2 Å². The van der Waals surface area contributed by atoms with E-state index in [1.54, 1.807) is 0 Å². The third-order valence-corrected chi connectivity index (χ3v) is 4.92. The van der Waals surface area contributed by atoms with E-state index in [-0.39, 0.29) is 17.2 Å². The molecule has 1 atom stereocenters. The molecule has 6 nitrogen and oxygen atoms in total. The van der Waals surface area contributed by atoms with Crippen molar-refractivity contribution in [2.24, 2.45) is 5.92 Å². The Kier molecular flexibility index (Phi) is 4.97. The van der Waals surface area contributed by atoms with E-state index in [1.807, 2.05) is 6.20 Å². The minimum absolute atomic E-state index is 0.0305. The number of nitrogens with zero attached hydrogens (tertiary/aromatic N) is 2. The molecule has 1 aliphatic heterocycles. The molecule has 0 spiro atoms. The summed E-state index contributed by atoms with van der Waals surface area (Å²) >= 11 is 0. The second-order valence-electron chi connectivity index (χ2n) is 8.21. The van der Waals surface area contributed by atoms with E-state index in [0.717, 1.165) is 50.4 Å². The molecule has 2 fully saturated rings. The first-order valence-corrected chi connectivity index (χ1v) is 8.99. The SMILES string of the molecule is CC(C)(C)c1cnc(CN2CCC(C(O)C(=O)NC3CC3)CC2)o1. The summed E-state index contributed by atoms with van der Waals surface area (Å²) in [5.41, 5.74) is -0.0305. The Balaban J connectivity index is 1.46. The zero-order valence-corrected chi connectivity index (χ0v) is 14.9. The van der Waals surface area contributed by atoms with Crippen molar-refractivity contribution in [3.05, 3.63) is 17.8 Å². The highest BCUT2D eigenvalue weighted by molar-refractivity contribution is 5.81. The third kappa shape index (κ3) is 4.36. The van der Waals surface area contributed by atoms with Gasteiger partial charge in [0, 0.05) is 11.5 Å². The van der Waals surface area contributed by atoms with Gasteiger partial charge in [0.15, 0.2) is 0 Å². The number of carbonyl (C=O) groups is 1. The number of aromatic nitrogens is 1. The first kappa shape index (κ1) is 17.4. The molecule has 24 heavy (non-hydrogen) atoms. The van der Waals surface area contributed by atoms with Crippen molar-refractivity contribution in [2.75, 3.05) is 13.1 Å². The Hall–Kier alpha value is -1.40. The van der Waals surface area contributed by atoms with Gasteiger partial charge >= 0.3 is 0 Å². The largest absolute Gasteiger partial charge is 0.444 e. The minimum atomic E-state index is -0.873. The number of amides is 1. The molecule has 6 heteroatoms. The summed E-state index contributed by atoms with van der Waals surface area (Å²) in [5.74, 6) is 1.50. The quantitative estimate of drug-likeness (QED) is 0.858. The van der Waals surface area contributed by atoms with Crippen LogP contribution in [-0.4, -0.2) is 46.1 Å². The fourth-order valence-corrected chi connectivity index (χ4v) is 3.08. The lowest BCUT2D eigenvalue weighted by Gasteiger charge is -2.33. The summed E-state index contributed by atoms with van der Waals surface area (Å²) in [4.78, 5) is 18.6. The molecule has 3 rings (SSSR count). The summed E-state index contributed by atoms with van der Waals surface area (Å²) < 4.78 is 5.85. The molecule has 134 valence electrons. The highest BCUT2D eigenvalue weighted by atomic mass is 16.4. The van der Waals surface area contributed by atoms with E-state index in [1.165, 1.54) is 0 Å². The van der Waals surface area contributed by atoms with Gasteiger partial charge in [0.1, 0.15) is 11.9 Å². The van der Waals surface area contributed by atoms with E-state index in [4.69, 9.17) is 4.42 Å². The van der Waals surface area contributed by atoms with Gasteiger partial charge in [-0.1, -0.05) is 20.8 Å². The molecular formula is C18H29N3O3. The van der Waals surface area contributed by atoms with E-state index in [9.17, 15) is 9.90 Å². The van der Waals surface area contributed by atoms with Crippen LogP contribution >= 0.6 is 0 Å². The average Bonchev–Trinajstić information content (AvgIpc) is 3.21. The van der Waals surface area contributed by atoms with Crippen LogP contribution in [0.25, 0.3) is 0 Å². The zero-order valence-electron chi connectivity index (χ0n) is 14.9. The number of likely N-dealkylation sites (tertiary alicyclic amines) is 1. The number of oxazole rings is 1. The normalized spacial score (nSPS) is 21.7. The molecule has 0 radical (unpaired) electrons. The Morgan fingerprint density at radius 3 is 2.58 bits per heavy atom. The van der Waals surface area contributed by atoms with Gasteiger partial charge in [-0.25, -0.2) is 4.98 Å². The molecule has 1 saturated heterocycles. The molecule has 2 N–H and O–H groups in total. The summed E-state index contributed by atoms with van der Waals surface area (Å²) in [6.07, 6.45) is 4.68. The molecule has 0 bridgehead atoms. The van der Waals surface area contributed by atoms with Crippen molar-refractivity contribution in [2.45, 2.75) is 70.6 Å². The lowest BCUT2D eigenvalue weighted by molar-refractivity contribution is -0.133. The van der Waals surface area contributed by atoms with E-state index in [2.05, 4.69) is 36.0 Å². The van der Waals surface area contributed by atoms with Crippen molar-refractivity contribution in [3.8, 4) is 0 Å². The van der Waals surface area contributed by atoms with Gasteiger partial charge in [-0.3, -0.25) is 9.69 Å². The zero-order chi connectivity index (χ0) is 17.3. The van der Waals surface area contributed by atoms with E-state index < -0.39 is 6.10 Å². The van der Waals surface area contributed by atoms with Crippen LogP contribution in [0.1, 0.15) is 58.1 Å². The van der Waals surface area contributed by atoms with Crippen molar-refractivity contribution in [1.29, 1.82) is 0 Å². The first-order chi connectivity index (χ1) is 11.3. The fraction of sp³-hybridized carbons (Fsp3) is 0.778. The van der Waals surface area contributed by atoms with Crippen LogP contribution in [0.2, 0.25) is 0 Å². The summed E-state index contributed by atoms with van der Waals surface area (Å²) in [6.45, 7) is 8.72. The van der Waals surface area contributed by atoms with Gasteiger partial charge in [-0.05, 0) is 44.7 Å². The smallest absolute Gasteiger partial charge is 0.249 e. The number of hydrogen-bond donors (Lipinski definition) is 2. The maximum Gasteiger partial charge on any atom is 0.249 e. The van der Waals surface area contributed by atoms with Crippen LogP contribution in [0.5, 0.6) is 0 Å². The fourth-order valence-electron chi connectivity index (χ4n) is 3.08. The van der Waals surface area contributed by atoms with Crippen LogP contribution in [0.4, 0.5) is 0 Å². The Morgan fingerprint density at radius 2 is 2.04 bits per heavy atom. The number of nitrogens with one attached hydrogen (secondary N) is 1. The lowest BCUT2D eigenvalue weighted by Crippen LogP contribution is -2.44. The summed E-state index contributed by atoms with van der Waals surface area (Å²) in [6, 6.07) is 0.300. The predicted molar refractivity (Wildman–Crippen MR) is 90.4 cm³/mol. The van der Waals surface area contributed by atoms with Gasteiger partial charge < -0.3 is 14.8 Å². The molecule has 1 amide bonds. The Labute approximate surface area is 143 Å².